The average molecular weight is 222 g/mol. The number of aliphatic carboxylic acids is 1. The van der Waals surface area contributed by atoms with E-state index in [0.717, 1.165) is 17.7 Å². The number of aryl methyl sites for hydroxylation is 1. The van der Waals surface area contributed by atoms with E-state index in [9.17, 15) is 4.79 Å². The van der Waals surface area contributed by atoms with Crippen LogP contribution in [0, 0.1) is 11.8 Å². The fourth-order valence-electron chi connectivity index (χ4n) is 3.02. The monoisotopic (exact) mass is 222 g/mol. The van der Waals surface area contributed by atoms with Crippen molar-refractivity contribution in [3.8, 4) is 0 Å². The number of carboxylic acid groups (broad SMARTS) is 1. The summed E-state index contributed by atoms with van der Waals surface area (Å²) in [6.07, 6.45) is 3.96. The van der Waals surface area contributed by atoms with Crippen molar-refractivity contribution in [2.45, 2.75) is 38.1 Å². The van der Waals surface area contributed by atoms with Gasteiger partial charge in [0.15, 0.2) is 5.82 Å². The molecule has 0 radical (unpaired) electrons. The smallest absolute Gasteiger partial charge is 0.305 e. The molecule has 1 aromatic heterocycles. The molecular formula is C10H14N4O2. The Kier molecular flexibility index (Phi) is 2.15. The molecule has 3 rings (SSSR count). The van der Waals surface area contributed by atoms with Crippen LogP contribution in [0.5, 0.6) is 0 Å². The summed E-state index contributed by atoms with van der Waals surface area (Å²) < 4.78 is 1.66. The first-order valence-electron chi connectivity index (χ1n) is 5.75. The van der Waals surface area contributed by atoms with E-state index in [1.165, 1.54) is 19.3 Å². The van der Waals surface area contributed by atoms with Gasteiger partial charge in [-0.3, -0.25) is 4.79 Å². The van der Waals surface area contributed by atoms with E-state index >= 15 is 0 Å². The number of hydrogen-bond acceptors (Lipinski definition) is 4. The summed E-state index contributed by atoms with van der Waals surface area (Å²) in [4.78, 5) is 10.5. The molecule has 2 aliphatic rings. The lowest BCUT2D eigenvalue weighted by molar-refractivity contribution is -0.137. The van der Waals surface area contributed by atoms with Gasteiger partial charge in [-0.2, -0.15) is 0 Å². The Morgan fingerprint density at radius 2 is 2.19 bits per heavy atom. The number of aromatic nitrogens is 4. The highest BCUT2D eigenvalue weighted by molar-refractivity contribution is 5.66. The summed E-state index contributed by atoms with van der Waals surface area (Å²) in [5, 5.41) is 20.2. The Morgan fingerprint density at radius 3 is 2.88 bits per heavy atom. The molecule has 0 amide bonds. The molecule has 0 aromatic carbocycles. The Labute approximate surface area is 92.6 Å². The lowest BCUT2D eigenvalue weighted by Crippen LogP contribution is -2.10. The van der Waals surface area contributed by atoms with Gasteiger partial charge in [0.25, 0.3) is 0 Å². The highest BCUT2D eigenvalue weighted by Gasteiger charge is 2.55. The standard InChI is InChI=1S/C10H14N4O2/c15-8(16)4-5-14-10(11-12-13-14)9-6-2-1-3-7(6)9/h6-7,9H,1-5H2,(H,15,16). The van der Waals surface area contributed by atoms with Gasteiger partial charge in [-0.15, -0.1) is 5.10 Å². The number of nitrogens with zero attached hydrogens (tertiary/aromatic N) is 4. The van der Waals surface area contributed by atoms with Crippen LogP contribution in [0.2, 0.25) is 0 Å². The van der Waals surface area contributed by atoms with E-state index in [1.807, 2.05) is 0 Å². The van der Waals surface area contributed by atoms with E-state index in [2.05, 4.69) is 15.5 Å². The van der Waals surface area contributed by atoms with Gasteiger partial charge in [0, 0.05) is 5.92 Å². The van der Waals surface area contributed by atoms with Crippen LogP contribution >= 0.6 is 0 Å². The maximum Gasteiger partial charge on any atom is 0.305 e. The lowest BCUT2D eigenvalue weighted by atomic mass is 10.1. The molecule has 0 spiro atoms. The molecule has 6 nitrogen and oxygen atoms in total. The SMILES string of the molecule is O=C(O)CCn1nnnc1C1C2CCCC21. The summed E-state index contributed by atoms with van der Waals surface area (Å²) in [5.41, 5.74) is 0. The van der Waals surface area contributed by atoms with E-state index in [-0.39, 0.29) is 6.42 Å². The molecule has 2 saturated carbocycles. The predicted molar refractivity (Wildman–Crippen MR) is 53.6 cm³/mol. The molecule has 1 heterocycles. The first-order valence-corrected chi connectivity index (χ1v) is 5.75. The lowest BCUT2D eigenvalue weighted by Gasteiger charge is -2.03. The molecule has 1 N–H and O–H groups in total. The zero-order valence-electron chi connectivity index (χ0n) is 8.91. The van der Waals surface area contributed by atoms with E-state index in [1.54, 1.807) is 4.68 Å². The van der Waals surface area contributed by atoms with Gasteiger partial charge in [-0.1, -0.05) is 6.42 Å². The average Bonchev–Trinajstić information content (AvgIpc) is 2.73. The van der Waals surface area contributed by atoms with E-state index in [0.29, 0.717) is 12.5 Å². The van der Waals surface area contributed by atoms with Crippen molar-refractivity contribution in [3.05, 3.63) is 5.82 Å². The third kappa shape index (κ3) is 1.48. The normalized spacial score (nSPS) is 31.4. The van der Waals surface area contributed by atoms with Crippen molar-refractivity contribution in [3.63, 3.8) is 0 Å². The number of rotatable bonds is 4. The second kappa shape index (κ2) is 3.54. The molecule has 16 heavy (non-hydrogen) atoms. The summed E-state index contributed by atoms with van der Waals surface area (Å²) in [6.45, 7) is 0.383. The van der Waals surface area contributed by atoms with Crippen LogP contribution in [0.25, 0.3) is 0 Å². The molecule has 2 atom stereocenters. The minimum absolute atomic E-state index is 0.0834. The molecule has 2 aliphatic carbocycles. The fraction of sp³-hybridized carbons (Fsp3) is 0.800. The Hall–Kier alpha value is -1.46. The minimum Gasteiger partial charge on any atom is -0.481 e. The number of hydrogen-bond donors (Lipinski definition) is 1. The highest BCUT2D eigenvalue weighted by atomic mass is 16.4. The minimum atomic E-state index is -0.808. The van der Waals surface area contributed by atoms with E-state index < -0.39 is 5.97 Å². The Bertz CT molecular complexity index is 407. The van der Waals surface area contributed by atoms with Crippen LogP contribution in [0.3, 0.4) is 0 Å². The Balaban J connectivity index is 1.71. The summed E-state index contributed by atoms with van der Waals surface area (Å²) in [6, 6.07) is 0. The van der Waals surface area contributed by atoms with Crippen LogP contribution in [0.1, 0.15) is 37.4 Å². The number of fused-ring (bicyclic) bond motifs is 1. The van der Waals surface area contributed by atoms with Crippen LogP contribution < -0.4 is 0 Å². The highest BCUT2D eigenvalue weighted by Crippen LogP contribution is 2.62. The van der Waals surface area contributed by atoms with Gasteiger partial charge >= 0.3 is 5.97 Å². The van der Waals surface area contributed by atoms with Gasteiger partial charge in [0.1, 0.15) is 0 Å². The van der Waals surface area contributed by atoms with Crippen molar-refractivity contribution >= 4 is 5.97 Å². The second-order valence-corrected chi connectivity index (χ2v) is 4.69. The third-order valence-corrected chi connectivity index (χ3v) is 3.80. The first-order chi connectivity index (χ1) is 7.77. The van der Waals surface area contributed by atoms with Crippen LogP contribution in [-0.2, 0) is 11.3 Å². The summed E-state index contributed by atoms with van der Waals surface area (Å²) in [5.74, 6) is 2.11. The molecule has 0 bridgehead atoms. The van der Waals surface area contributed by atoms with Gasteiger partial charge < -0.3 is 5.11 Å². The number of carbonyl (C=O) groups is 1. The van der Waals surface area contributed by atoms with Crippen LogP contribution in [0.4, 0.5) is 0 Å². The molecule has 0 aliphatic heterocycles. The largest absolute Gasteiger partial charge is 0.481 e. The molecule has 1 aromatic rings. The van der Waals surface area contributed by atoms with Crippen molar-refractivity contribution < 1.29 is 9.90 Å². The van der Waals surface area contributed by atoms with Gasteiger partial charge in [-0.05, 0) is 35.1 Å². The fourth-order valence-corrected chi connectivity index (χ4v) is 3.02. The first kappa shape index (κ1) is 9.74. The van der Waals surface area contributed by atoms with Gasteiger partial charge in [0.2, 0.25) is 0 Å². The summed E-state index contributed by atoms with van der Waals surface area (Å²) in [7, 11) is 0. The maximum atomic E-state index is 10.5. The quantitative estimate of drug-likeness (QED) is 0.809. The van der Waals surface area contributed by atoms with Crippen LogP contribution in [0.15, 0.2) is 0 Å². The molecular weight excluding hydrogens is 208 g/mol. The number of carboxylic acids is 1. The number of tetrazole rings is 1. The molecule has 0 saturated heterocycles. The topological polar surface area (TPSA) is 80.9 Å². The predicted octanol–water partition coefficient (Wildman–Crippen LogP) is 0.661. The van der Waals surface area contributed by atoms with Crippen molar-refractivity contribution in [2.24, 2.45) is 11.8 Å². The Morgan fingerprint density at radius 1 is 1.44 bits per heavy atom. The van der Waals surface area contributed by atoms with Crippen LogP contribution in [-0.4, -0.2) is 31.3 Å². The zero-order valence-corrected chi connectivity index (χ0v) is 8.91. The molecule has 2 fully saturated rings. The van der Waals surface area contributed by atoms with Gasteiger partial charge in [0.05, 0.1) is 13.0 Å². The molecule has 2 unspecified atom stereocenters. The van der Waals surface area contributed by atoms with Crippen molar-refractivity contribution in [1.29, 1.82) is 0 Å². The zero-order chi connectivity index (χ0) is 11.1. The molecule has 6 heteroatoms. The van der Waals surface area contributed by atoms with Crippen molar-refractivity contribution in [1.82, 2.24) is 20.2 Å². The van der Waals surface area contributed by atoms with Crippen molar-refractivity contribution in [2.75, 3.05) is 0 Å². The molecule has 86 valence electrons. The van der Waals surface area contributed by atoms with E-state index in [4.69, 9.17) is 5.11 Å². The second-order valence-electron chi connectivity index (χ2n) is 4.69. The summed E-state index contributed by atoms with van der Waals surface area (Å²) >= 11 is 0. The maximum absolute atomic E-state index is 10.5. The van der Waals surface area contributed by atoms with Gasteiger partial charge in [-0.25, -0.2) is 4.68 Å². The third-order valence-electron chi connectivity index (χ3n) is 3.80.